The van der Waals surface area contributed by atoms with Gasteiger partial charge in [-0.3, -0.25) is 9.36 Å². The maximum Gasteiger partial charge on any atom is 0.319 e. The van der Waals surface area contributed by atoms with Gasteiger partial charge in [0, 0.05) is 29.4 Å². The summed E-state index contributed by atoms with van der Waals surface area (Å²) in [5.41, 5.74) is 2.40. The Bertz CT molecular complexity index is 1250. The highest BCUT2D eigenvalue weighted by molar-refractivity contribution is 6.03. The van der Waals surface area contributed by atoms with Crippen LogP contribution in [0.3, 0.4) is 0 Å². The first-order valence-electron chi connectivity index (χ1n) is 9.70. The molecule has 0 saturated carbocycles. The number of fused-ring (bicyclic) bond motifs is 1. The van der Waals surface area contributed by atoms with Crippen molar-refractivity contribution in [3.8, 4) is 0 Å². The number of hydrogen-bond donors (Lipinski definition) is 2. The Kier molecular flexibility index (Phi) is 5.75. The van der Waals surface area contributed by atoms with E-state index in [1.807, 2.05) is 0 Å². The molecule has 156 valence electrons. The molecule has 0 aliphatic rings. The lowest BCUT2D eigenvalue weighted by Gasteiger charge is -2.09. The van der Waals surface area contributed by atoms with Crippen molar-refractivity contribution >= 4 is 28.5 Å². The van der Waals surface area contributed by atoms with Gasteiger partial charge in [-0.05, 0) is 66.6 Å². The molecule has 3 aromatic carbocycles. The Morgan fingerprint density at radius 2 is 1.68 bits per heavy atom. The Hall–Kier alpha value is -4.00. The lowest BCUT2D eigenvalue weighted by molar-refractivity contribution is 0.0964. The summed E-state index contributed by atoms with van der Waals surface area (Å²) < 4.78 is 27.8. The first-order chi connectivity index (χ1) is 15.0. The van der Waals surface area contributed by atoms with Crippen LogP contribution in [0.5, 0.6) is 0 Å². The standard InChI is InChI=1S/C24H19F2N3O2/c25-19-6-4-16(5-7-19)10-12-27-24(31)28-21-8-9-22-17(15-21)11-13-29(22)23(30)18-2-1-3-20(26)14-18/h1-9,11,13-15H,10,12H2,(H2,27,28,31). The van der Waals surface area contributed by atoms with E-state index in [1.54, 1.807) is 48.7 Å². The number of halogens is 2. The molecule has 0 bridgehead atoms. The number of hydrogen-bond acceptors (Lipinski definition) is 2. The van der Waals surface area contributed by atoms with Crippen molar-refractivity contribution < 1.29 is 18.4 Å². The quantitative estimate of drug-likeness (QED) is 0.480. The first-order valence-corrected chi connectivity index (χ1v) is 9.70. The summed E-state index contributed by atoms with van der Waals surface area (Å²) in [5, 5.41) is 6.27. The van der Waals surface area contributed by atoms with Gasteiger partial charge in [0.1, 0.15) is 11.6 Å². The highest BCUT2D eigenvalue weighted by atomic mass is 19.1. The second kappa shape index (κ2) is 8.79. The molecule has 0 radical (unpaired) electrons. The first kappa shape index (κ1) is 20.3. The molecule has 0 atom stereocenters. The third kappa shape index (κ3) is 4.78. The molecule has 0 aliphatic carbocycles. The minimum Gasteiger partial charge on any atom is -0.338 e. The van der Waals surface area contributed by atoms with Crippen LogP contribution in [-0.4, -0.2) is 23.1 Å². The summed E-state index contributed by atoms with van der Waals surface area (Å²) in [6, 6.07) is 18.2. The van der Waals surface area contributed by atoms with E-state index in [1.165, 1.54) is 34.9 Å². The van der Waals surface area contributed by atoms with Crippen LogP contribution in [0.2, 0.25) is 0 Å². The van der Waals surface area contributed by atoms with Gasteiger partial charge in [0.15, 0.2) is 0 Å². The predicted molar refractivity (Wildman–Crippen MR) is 115 cm³/mol. The van der Waals surface area contributed by atoms with Crippen molar-refractivity contribution in [3.05, 3.63) is 102 Å². The van der Waals surface area contributed by atoms with Gasteiger partial charge in [-0.2, -0.15) is 0 Å². The monoisotopic (exact) mass is 419 g/mol. The number of rotatable bonds is 5. The summed E-state index contributed by atoms with van der Waals surface area (Å²) >= 11 is 0. The van der Waals surface area contributed by atoms with E-state index in [-0.39, 0.29) is 23.3 Å². The molecule has 0 fully saturated rings. The summed E-state index contributed by atoms with van der Waals surface area (Å²) in [6.07, 6.45) is 2.20. The van der Waals surface area contributed by atoms with Crippen molar-refractivity contribution in [2.45, 2.75) is 6.42 Å². The molecule has 1 aromatic heterocycles. The smallest absolute Gasteiger partial charge is 0.319 e. The largest absolute Gasteiger partial charge is 0.338 e. The second-order valence-corrected chi connectivity index (χ2v) is 7.03. The van der Waals surface area contributed by atoms with Gasteiger partial charge >= 0.3 is 6.03 Å². The molecule has 2 amide bonds. The molecular weight excluding hydrogens is 400 g/mol. The minimum atomic E-state index is -0.473. The molecule has 0 saturated heterocycles. The summed E-state index contributed by atoms with van der Waals surface area (Å²) in [4.78, 5) is 24.8. The van der Waals surface area contributed by atoms with Crippen molar-refractivity contribution in [1.82, 2.24) is 9.88 Å². The molecule has 1 heterocycles. The van der Waals surface area contributed by atoms with Crippen LogP contribution in [0, 0.1) is 11.6 Å². The molecule has 4 rings (SSSR count). The molecule has 0 aliphatic heterocycles. The van der Waals surface area contributed by atoms with Crippen LogP contribution in [0.15, 0.2) is 79.0 Å². The van der Waals surface area contributed by atoms with E-state index in [2.05, 4.69) is 10.6 Å². The molecule has 4 aromatic rings. The van der Waals surface area contributed by atoms with E-state index in [4.69, 9.17) is 0 Å². The summed E-state index contributed by atoms with van der Waals surface area (Å²) in [6.45, 7) is 0.401. The van der Waals surface area contributed by atoms with Gasteiger partial charge in [-0.1, -0.05) is 18.2 Å². The van der Waals surface area contributed by atoms with E-state index >= 15 is 0 Å². The Labute approximate surface area is 177 Å². The van der Waals surface area contributed by atoms with E-state index in [0.29, 0.717) is 24.2 Å². The number of nitrogens with zero attached hydrogens (tertiary/aromatic N) is 1. The van der Waals surface area contributed by atoms with Crippen molar-refractivity contribution in [2.75, 3.05) is 11.9 Å². The zero-order chi connectivity index (χ0) is 21.8. The molecule has 31 heavy (non-hydrogen) atoms. The molecule has 5 nitrogen and oxygen atoms in total. The highest BCUT2D eigenvalue weighted by Gasteiger charge is 2.13. The van der Waals surface area contributed by atoms with Crippen LogP contribution in [0.25, 0.3) is 10.9 Å². The van der Waals surface area contributed by atoms with Crippen molar-refractivity contribution in [3.63, 3.8) is 0 Å². The normalized spacial score (nSPS) is 10.8. The van der Waals surface area contributed by atoms with Gasteiger partial charge in [0.25, 0.3) is 5.91 Å². The fraction of sp³-hybridized carbons (Fsp3) is 0.0833. The van der Waals surface area contributed by atoms with Crippen LogP contribution in [0.4, 0.5) is 19.3 Å². The van der Waals surface area contributed by atoms with E-state index < -0.39 is 5.82 Å². The minimum absolute atomic E-state index is 0.250. The molecule has 7 heteroatoms. The van der Waals surface area contributed by atoms with Crippen LogP contribution in [-0.2, 0) is 6.42 Å². The molecule has 0 spiro atoms. The average Bonchev–Trinajstić information content (AvgIpc) is 3.18. The number of nitrogens with one attached hydrogen (secondary N) is 2. The fourth-order valence-corrected chi connectivity index (χ4v) is 3.30. The SMILES string of the molecule is O=C(NCCc1ccc(F)cc1)Nc1ccc2c(ccn2C(=O)c2cccc(F)c2)c1. The van der Waals surface area contributed by atoms with Gasteiger partial charge < -0.3 is 10.6 Å². The van der Waals surface area contributed by atoms with Crippen LogP contribution < -0.4 is 10.6 Å². The highest BCUT2D eigenvalue weighted by Crippen LogP contribution is 2.22. The molecule has 0 unspecified atom stereocenters. The lowest BCUT2D eigenvalue weighted by Crippen LogP contribution is -2.30. The summed E-state index contributed by atoms with van der Waals surface area (Å²) in [5.74, 6) is -1.11. The maximum atomic E-state index is 13.4. The summed E-state index contributed by atoms with van der Waals surface area (Å²) in [7, 11) is 0. The number of urea groups is 1. The third-order valence-corrected chi connectivity index (χ3v) is 4.85. The number of carbonyl (C=O) groups excluding carboxylic acids is 2. The predicted octanol–water partition coefficient (Wildman–Crippen LogP) is 4.97. The van der Waals surface area contributed by atoms with Crippen molar-refractivity contribution in [1.29, 1.82) is 0 Å². The van der Waals surface area contributed by atoms with Gasteiger partial charge in [-0.25, -0.2) is 13.6 Å². The maximum absolute atomic E-state index is 13.4. The number of aromatic nitrogens is 1. The topological polar surface area (TPSA) is 63.1 Å². The fourth-order valence-electron chi connectivity index (χ4n) is 3.30. The van der Waals surface area contributed by atoms with Crippen LogP contribution >= 0.6 is 0 Å². The lowest BCUT2D eigenvalue weighted by atomic mass is 10.1. The molecule has 2 N–H and O–H groups in total. The zero-order valence-electron chi connectivity index (χ0n) is 16.4. The second-order valence-electron chi connectivity index (χ2n) is 7.03. The molecular formula is C24H19F2N3O2. The number of anilines is 1. The Balaban J connectivity index is 1.39. The number of amides is 2. The van der Waals surface area contributed by atoms with Crippen molar-refractivity contribution in [2.24, 2.45) is 0 Å². The van der Waals surface area contributed by atoms with Crippen LogP contribution in [0.1, 0.15) is 15.9 Å². The Morgan fingerprint density at radius 1 is 0.871 bits per heavy atom. The average molecular weight is 419 g/mol. The zero-order valence-corrected chi connectivity index (χ0v) is 16.4. The Morgan fingerprint density at radius 3 is 2.45 bits per heavy atom. The van der Waals surface area contributed by atoms with Gasteiger partial charge in [0.05, 0.1) is 5.52 Å². The van der Waals surface area contributed by atoms with Gasteiger partial charge in [0.2, 0.25) is 0 Å². The number of carbonyl (C=O) groups is 2. The number of benzene rings is 3. The third-order valence-electron chi connectivity index (χ3n) is 4.85. The van der Waals surface area contributed by atoms with E-state index in [9.17, 15) is 18.4 Å². The van der Waals surface area contributed by atoms with Gasteiger partial charge in [-0.15, -0.1) is 0 Å². The van der Waals surface area contributed by atoms with E-state index in [0.717, 1.165) is 10.9 Å².